The third-order valence-corrected chi connectivity index (χ3v) is 1.65. The van der Waals surface area contributed by atoms with E-state index in [0.717, 1.165) is 5.56 Å². The van der Waals surface area contributed by atoms with Crippen LogP contribution >= 0.6 is 0 Å². The maximum Gasteiger partial charge on any atom is 0.346 e. The molecule has 1 aromatic carbocycles. The van der Waals surface area contributed by atoms with Crippen LogP contribution in [0.4, 0.5) is 0 Å². The minimum atomic E-state index is -0.383. The molecule has 70 valence electrons. The summed E-state index contributed by atoms with van der Waals surface area (Å²) in [5.74, 6) is -0.383. The molecule has 0 N–H and O–H groups in total. The van der Waals surface area contributed by atoms with Crippen molar-refractivity contribution in [3.8, 4) is 0 Å². The van der Waals surface area contributed by atoms with Crippen molar-refractivity contribution in [3.05, 3.63) is 35.4 Å². The third-order valence-electron chi connectivity index (χ3n) is 1.65. The van der Waals surface area contributed by atoms with Gasteiger partial charge in [0.15, 0.2) is 0 Å². The first-order valence-electron chi connectivity index (χ1n) is 4.01. The number of rotatable bonds is 3. The Balaban J connectivity index is 2.54. The molecule has 0 aliphatic heterocycles. The maximum atomic E-state index is 11.0. The van der Waals surface area contributed by atoms with E-state index in [1.165, 1.54) is 12.7 Å². The summed E-state index contributed by atoms with van der Waals surface area (Å²) in [4.78, 5) is 19.5. The second-order valence-electron chi connectivity index (χ2n) is 2.78. The molecule has 3 nitrogen and oxygen atoms in total. The monoisotopic (exact) mass is 180 g/mol. The van der Waals surface area contributed by atoms with Crippen molar-refractivity contribution in [2.45, 2.75) is 13.3 Å². The van der Waals surface area contributed by atoms with Gasteiger partial charge < -0.3 is 0 Å². The fourth-order valence-corrected chi connectivity index (χ4v) is 0.995. The molecule has 13 heavy (non-hydrogen) atoms. The molecule has 1 aromatic rings. The van der Waals surface area contributed by atoms with E-state index in [-0.39, 0.29) is 12.4 Å². The summed E-state index contributed by atoms with van der Waals surface area (Å²) < 4.78 is 0. The van der Waals surface area contributed by atoms with Gasteiger partial charge in [0, 0.05) is 0 Å². The average molecular weight is 180 g/mol. The molecule has 0 radical (unpaired) electrons. The Bertz CT molecular complexity index is 277. The summed E-state index contributed by atoms with van der Waals surface area (Å²) >= 11 is 0. The number of aryl methyl sites for hydroxylation is 1. The lowest BCUT2D eigenvalue weighted by Crippen LogP contribution is -2.06. The van der Waals surface area contributed by atoms with Crippen LogP contribution in [0.3, 0.4) is 0 Å². The minimum absolute atomic E-state index is 0.244. The molecule has 1 rings (SSSR count). The van der Waals surface area contributed by atoms with E-state index in [4.69, 9.17) is 0 Å². The molecule has 3 heteroatoms. The molecule has 0 aliphatic rings. The van der Waals surface area contributed by atoms with Gasteiger partial charge >= 0.3 is 5.97 Å². The Morgan fingerprint density at radius 3 is 2.46 bits per heavy atom. The second-order valence-corrected chi connectivity index (χ2v) is 2.78. The van der Waals surface area contributed by atoms with Crippen LogP contribution in [0.1, 0.15) is 11.1 Å². The van der Waals surface area contributed by atoms with Gasteiger partial charge in [0.2, 0.25) is 0 Å². The van der Waals surface area contributed by atoms with Crippen molar-refractivity contribution in [2.24, 2.45) is 0 Å². The summed E-state index contributed by atoms with van der Waals surface area (Å²) in [7, 11) is 1.31. The molecule has 0 atom stereocenters. The highest BCUT2D eigenvalue weighted by Gasteiger charge is 2.03. The average Bonchev–Trinajstić information content (AvgIpc) is 2.09. The van der Waals surface area contributed by atoms with Crippen LogP contribution in [-0.4, -0.2) is 13.1 Å². The zero-order valence-electron chi connectivity index (χ0n) is 7.74. The largest absolute Gasteiger partial charge is 0.346 e. The summed E-state index contributed by atoms with van der Waals surface area (Å²) in [5, 5.41) is 0. The van der Waals surface area contributed by atoms with E-state index in [2.05, 4.69) is 9.78 Å². The molecule has 0 aromatic heterocycles. The minimum Gasteiger partial charge on any atom is -0.298 e. The summed E-state index contributed by atoms with van der Waals surface area (Å²) in [6, 6.07) is 7.70. The lowest BCUT2D eigenvalue weighted by atomic mass is 10.1. The fraction of sp³-hybridized carbons (Fsp3) is 0.300. The predicted molar refractivity (Wildman–Crippen MR) is 48.0 cm³/mol. The van der Waals surface area contributed by atoms with Crippen LogP contribution < -0.4 is 0 Å². The zero-order chi connectivity index (χ0) is 9.68. The number of carbonyl (C=O) groups is 1. The van der Waals surface area contributed by atoms with Gasteiger partial charge in [0.25, 0.3) is 0 Å². The summed E-state index contributed by atoms with van der Waals surface area (Å²) in [6.45, 7) is 2.00. The normalized spacial score (nSPS) is 9.69. The van der Waals surface area contributed by atoms with Gasteiger partial charge in [-0.1, -0.05) is 29.8 Å². The van der Waals surface area contributed by atoms with E-state index in [0.29, 0.717) is 0 Å². The molecule has 0 bridgehead atoms. The Morgan fingerprint density at radius 2 is 1.92 bits per heavy atom. The third kappa shape index (κ3) is 3.25. The highest BCUT2D eigenvalue weighted by atomic mass is 17.2. The molecule has 0 saturated carbocycles. The first kappa shape index (κ1) is 9.74. The number of carbonyl (C=O) groups excluding carboxylic acids is 1. The standard InChI is InChI=1S/C10H12O3/c1-8-3-5-9(6-4-8)7-10(11)13-12-2/h3-6H,7H2,1-2H3. The molecular weight excluding hydrogens is 168 g/mol. The van der Waals surface area contributed by atoms with Crippen LogP contribution in [0, 0.1) is 6.92 Å². The van der Waals surface area contributed by atoms with Crippen LogP contribution in [0.2, 0.25) is 0 Å². The van der Waals surface area contributed by atoms with Crippen LogP contribution in [-0.2, 0) is 21.0 Å². The first-order valence-corrected chi connectivity index (χ1v) is 4.01. The highest BCUT2D eigenvalue weighted by Crippen LogP contribution is 2.04. The lowest BCUT2D eigenvalue weighted by Gasteiger charge is -2.00. The lowest BCUT2D eigenvalue weighted by molar-refractivity contribution is -0.254. The molecule has 0 saturated heterocycles. The van der Waals surface area contributed by atoms with Gasteiger partial charge in [-0.3, -0.25) is 4.89 Å². The summed E-state index contributed by atoms with van der Waals surface area (Å²) in [6.07, 6.45) is 0.244. The van der Waals surface area contributed by atoms with E-state index >= 15 is 0 Å². The van der Waals surface area contributed by atoms with Gasteiger partial charge in [-0.2, -0.15) is 4.89 Å². The molecular formula is C10H12O3. The van der Waals surface area contributed by atoms with Gasteiger partial charge in [-0.25, -0.2) is 4.79 Å². The van der Waals surface area contributed by atoms with Crippen molar-refractivity contribution in [1.82, 2.24) is 0 Å². The van der Waals surface area contributed by atoms with Crippen LogP contribution in [0.25, 0.3) is 0 Å². The van der Waals surface area contributed by atoms with Crippen LogP contribution in [0.5, 0.6) is 0 Å². The highest BCUT2D eigenvalue weighted by molar-refractivity contribution is 5.71. The Hall–Kier alpha value is -1.35. The van der Waals surface area contributed by atoms with Crippen molar-refractivity contribution < 1.29 is 14.6 Å². The van der Waals surface area contributed by atoms with E-state index in [1.54, 1.807) is 0 Å². The summed E-state index contributed by atoms with van der Waals surface area (Å²) in [5.41, 5.74) is 2.09. The van der Waals surface area contributed by atoms with Crippen molar-refractivity contribution in [1.29, 1.82) is 0 Å². The van der Waals surface area contributed by atoms with Crippen LogP contribution in [0.15, 0.2) is 24.3 Å². The molecule has 0 heterocycles. The van der Waals surface area contributed by atoms with Gasteiger partial charge in [0.05, 0.1) is 13.5 Å². The quantitative estimate of drug-likeness (QED) is 0.524. The van der Waals surface area contributed by atoms with Crippen molar-refractivity contribution in [2.75, 3.05) is 7.11 Å². The maximum absolute atomic E-state index is 11.0. The number of hydrogen-bond donors (Lipinski definition) is 0. The molecule has 0 spiro atoms. The molecule has 0 unspecified atom stereocenters. The van der Waals surface area contributed by atoms with Gasteiger partial charge in [0.1, 0.15) is 0 Å². The molecule has 0 amide bonds. The first-order chi connectivity index (χ1) is 6.22. The van der Waals surface area contributed by atoms with E-state index < -0.39 is 0 Å². The number of hydrogen-bond acceptors (Lipinski definition) is 3. The predicted octanol–water partition coefficient (Wildman–Crippen LogP) is 1.64. The van der Waals surface area contributed by atoms with Crippen molar-refractivity contribution >= 4 is 5.97 Å². The van der Waals surface area contributed by atoms with Crippen molar-refractivity contribution in [3.63, 3.8) is 0 Å². The number of benzene rings is 1. The Kier molecular flexibility index (Phi) is 3.46. The van der Waals surface area contributed by atoms with Gasteiger partial charge in [-0.05, 0) is 12.5 Å². The van der Waals surface area contributed by atoms with E-state index in [1.807, 2.05) is 31.2 Å². The Labute approximate surface area is 77.2 Å². The SMILES string of the molecule is COOC(=O)Cc1ccc(C)cc1. The zero-order valence-corrected chi connectivity index (χ0v) is 7.74. The second kappa shape index (κ2) is 4.62. The van der Waals surface area contributed by atoms with E-state index in [9.17, 15) is 4.79 Å². The fourth-order valence-electron chi connectivity index (χ4n) is 0.995. The smallest absolute Gasteiger partial charge is 0.298 e. The Morgan fingerprint density at radius 1 is 1.31 bits per heavy atom. The van der Waals surface area contributed by atoms with Gasteiger partial charge in [-0.15, -0.1) is 0 Å². The topological polar surface area (TPSA) is 35.5 Å². The molecule has 0 fully saturated rings. The molecule has 0 aliphatic carbocycles.